The maximum absolute atomic E-state index is 13.1. The van der Waals surface area contributed by atoms with Gasteiger partial charge in [0.05, 0.1) is 5.69 Å². The summed E-state index contributed by atoms with van der Waals surface area (Å²) in [6.45, 7) is 3.52. The maximum atomic E-state index is 13.1. The summed E-state index contributed by atoms with van der Waals surface area (Å²) < 4.78 is 5.84. The fraction of sp³-hybridized carbons (Fsp3) is 0.304. The number of nitrogens with one attached hydrogen (secondary N) is 1. The van der Waals surface area contributed by atoms with Gasteiger partial charge in [0, 0.05) is 18.1 Å². The molecule has 2 heterocycles. The van der Waals surface area contributed by atoms with E-state index in [1.165, 1.54) is 17.7 Å². The van der Waals surface area contributed by atoms with Gasteiger partial charge in [-0.05, 0) is 61.8 Å². The molecule has 0 radical (unpaired) electrons. The highest BCUT2D eigenvalue weighted by Gasteiger charge is 2.31. The Balaban J connectivity index is 1.49. The molecule has 0 aliphatic carbocycles. The van der Waals surface area contributed by atoms with Crippen LogP contribution < -0.4 is 15.0 Å². The Hall–Kier alpha value is -2.83. The van der Waals surface area contributed by atoms with Crippen LogP contribution in [0, 0.1) is 0 Å². The van der Waals surface area contributed by atoms with E-state index in [1.54, 1.807) is 30.3 Å². The van der Waals surface area contributed by atoms with Crippen LogP contribution in [0.3, 0.4) is 0 Å². The van der Waals surface area contributed by atoms with Crippen LogP contribution in [-0.4, -0.2) is 49.4 Å². The smallest absolute Gasteiger partial charge is 0.294 e. The molecule has 0 bridgehead atoms. The molecule has 0 aromatic heterocycles. The van der Waals surface area contributed by atoms with Crippen LogP contribution >= 0.6 is 11.6 Å². The van der Waals surface area contributed by atoms with Gasteiger partial charge in [0.25, 0.3) is 5.91 Å². The summed E-state index contributed by atoms with van der Waals surface area (Å²) in [5, 5.41) is 3.50. The second kappa shape index (κ2) is 9.32. The highest BCUT2D eigenvalue weighted by Crippen LogP contribution is 2.35. The Morgan fingerprint density at radius 1 is 1.13 bits per heavy atom. The topological polar surface area (TPSA) is 61.9 Å². The Morgan fingerprint density at radius 3 is 2.73 bits per heavy atom. The monoisotopic (exact) mass is 425 g/mol. The second-order valence-electron chi connectivity index (χ2n) is 7.42. The van der Waals surface area contributed by atoms with E-state index >= 15 is 0 Å². The summed E-state index contributed by atoms with van der Waals surface area (Å²) in [5.74, 6) is 0.140. The third kappa shape index (κ3) is 4.83. The number of hydrogen-bond acceptors (Lipinski definition) is 4. The molecule has 7 heteroatoms. The van der Waals surface area contributed by atoms with E-state index < -0.39 is 0 Å². The largest absolute Gasteiger partial charge is 0.449 e. The highest BCUT2D eigenvalue weighted by molar-refractivity contribution is 6.30. The van der Waals surface area contributed by atoms with E-state index in [0.717, 1.165) is 25.2 Å². The number of anilines is 1. The molecule has 0 saturated carbocycles. The van der Waals surface area contributed by atoms with Crippen molar-refractivity contribution in [1.82, 2.24) is 10.2 Å². The second-order valence-corrected chi connectivity index (χ2v) is 7.86. The molecule has 0 atom stereocenters. The molecular weight excluding hydrogens is 402 g/mol. The average molecular weight is 426 g/mol. The van der Waals surface area contributed by atoms with Crippen molar-refractivity contribution < 1.29 is 14.3 Å². The molecule has 1 fully saturated rings. The van der Waals surface area contributed by atoms with E-state index in [9.17, 15) is 9.59 Å². The minimum absolute atomic E-state index is 0.0634. The molecule has 2 aromatic carbocycles. The molecule has 2 aliphatic rings. The minimum atomic E-state index is -0.358. The van der Waals surface area contributed by atoms with Crippen LogP contribution in [0.1, 0.15) is 18.4 Å². The first-order chi connectivity index (χ1) is 14.6. The first kappa shape index (κ1) is 20.4. The van der Waals surface area contributed by atoms with Crippen molar-refractivity contribution in [1.29, 1.82) is 0 Å². The SMILES string of the molecule is O=C(CN1C(=O)/C(=C\c2cccc(Cl)c2)Oc2ccccc21)NCCN1CCCC1. The van der Waals surface area contributed by atoms with Gasteiger partial charge in [0.1, 0.15) is 6.54 Å². The first-order valence-corrected chi connectivity index (χ1v) is 10.5. The number of nitrogens with zero attached hydrogens (tertiary/aromatic N) is 2. The van der Waals surface area contributed by atoms with Gasteiger partial charge in [-0.1, -0.05) is 35.9 Å². The van der Waals surface area contributed by atoms with Gasteiger partial charge in [-0.25, -0.2) is 0 Å². The van der Waals surface area contributed by atoms with Crippen molar-refractivity contribution in [3.8, 4) is 5.75 Å². The number of rotatable bonds is 6. The quantitative estimate of drug-likeness (QED) is 0.721. The van der Waals surface area contributed by atoms with E-state index in [1.807, 2.05) is 24.3 Å². The zero-order chi connectivity index (χ0) is 20.9. The van der Waals surface area contributed by atoms with Crippen LogP contribution in [0.15, 0.2) is 54.3 Å². The lowest BCUT2D eigenvalue weighted by molar-refractivity contribution is -0.123. The number of carbonyl (C=O) groups is 2. The maximum Gasteiger partial charge on any atom is 0.294 e. The lowest BCUT2D eigenvalue weighted by atomic mass is 10.1. The Labute approximate surface area is 181 Å². The molecule has 0 unspecified atom stereocenters. The number of fused-ring (bicyclic) bond motifs is 1. The molecule has 0 spiro atoms. The molecule has 156 valence electrons. The van der Waals surface area contributed by atoms with E-state index in [2.05, 4.69) is 10.2 Å². The standard InChI is InChI=1S/C23H24ClN3O3/c24-18-7-5-6-17(14-18)15-21-23(29)27(19-8-1-2-9-20(19)30-21)16-22(28)25-10-13-26-11-3-4-12-26/h1-2,5-9,14-15H,3-4,10-13,16H2,(H,25,28)/b21-15+. The zero-order valence-electron chi connectivity index (χ0n) is 16.6. The third-order valence-corrected chi connectivity index (χ3v) is 5.46. The van der Waals surface area contributed by atoms with E-state index in [0.29, 0.717) is 23.0 Å². The number of para-hydroxylation sites is 2. The molecular formula is C23H24ClN3O3. The fourth-order valence-corrected chi connectivity index (χ4v) is 3.92. The highest BCUT2D eigenvalue weighted by atomic mass is 35.5. The van der Waals surface area contributed by atoms with Gasteiger partial charge in [-0.2, -0.15) is 0 Å². The van der Waals surface area contributed by atoms with E-state index in [-0.39, 0.29) is 24.1 Å². The fourth-order valence-electron chi connectivity index (χ4n) is 3.73. The van der Waals surface area contributed by atoms with Gasteiger partial charge in [0.2, 0.25) is 5.91 Å². The van der Waals surface area contributed by atoms with Gasteiger partial charge >= 0.3 is 0 Å². The molecule has 2 aromatic rings. The van der Waals surface area contributed by atoms with Crippen molar-refractivity contribution >= 4 is 35.2 Å². The Kier molecular flexibility index (Phi) is 6.35. The molecule has 30 heavy (non-hydrogen) atoms. The summed E-state index contributed by atoms with van der Waals surface area (Å²) >= 11 is 6.05. The Bertz CT molecular complexity index is 970. The van der Waals surface area contributed by atoms with Gasteiger partial charge in [0.15, 0.2) is 11.5 Å². The zero-order valence-corrected chi connectivity index (χ0v) is 17.4. The number of halogens is 1. The number of likely N-dealkylation sites (tertiary alicyclic amines) is 1. The van der Waals surface area contributed by atoms with Crippen LogP contribution in [0.25, 0.3) is 6.08 Å². The molecule has 2 aliphatic heterocycles. The first-order valence-electron chi connectivity index (χ1n) is 10.2. The van der Waals surface area contributed by atoms with Crippen LogP contribution in [0.5, 0.6) is 5.75 Å². The van der Waals surface area contributed by atoms with Gasteiger partial charge in [-0.3, -0.25) is 14.5 Å². The number of amides is 2. The van der Waals surface area contributed by atoms with Gasteiger partial charge < -0.3 is 15.0 Å². The summed E-state index contributed by atoms with van der Waals surface area (Å²) in [7, 11) is 0. The summed E-state index contributed by atoms with van der Waals surface area (Å²) in [4.78, 5) is 29.4. The molecule has 6 nitrogen and oxygen atoms in total. The Morgan fingerprint density at radius 2 is 1.93 bits per heavy atom. The summed E-state index contributed by atoms with van der Waals surface area (Å²) in [6.07, 6.45) is 4.08. The number of benzene rings is 2. The summed E-state index contributed by atoms with van der Waals surface area (Å²) in [5.41, 5.74) is 1.33. The minimum Gasteiger partial charge on any atom is -0.449 e. The van der Waals surface area contributed by atoms with Crippen LogP contribution in [-0.2, 0) is 9.59 Å². The van der Waals surface area contributed by atoms with Gasteiger partial charge in [-0.15, -0.1) is 0 Å². The molecule has 1 N–H and O–H groups in total. The number of hydrogen-bond donors (Lipinski definition) is 1. The van der Waals surface area contributed by atoms with Crippen molar-refractivity contribution in [2.75, 3.05) is 37.6 Å². The predicted molar refractivity (Wildman–Crippen MR) is 118 cm³/mol. The van der Waals surface area contributed by atoms with Crippen molar-refractivity contribution in [3.05, 3.63) is 64.9 Å². The molecule has 4 rings (SSSR count). The van der Waals surface area contributed by atoms with Crippen molar-refractivity contribution in [3.63, 3.8) is 0 Å². The summed E-state index contributed by atoms with van der Waals surface area (Å²) in [6, 6.07) is 14.4. The van der Waals surface area contributed by atoms with Crippen LogP contribution in [0.2, 0.25) is 5.02 Å². The lowest BCUT2D eigenvalue weighted by Gasteiger charge is -2.30. The molecule has 2 amide bonds. The number of carbonyl (C=O) groups excluding carboxylic acids is 2. The number of ether oxygens (including phenoxy) is 1. The normalized spacial score (nSPS) is 17.7. The van der Waals surface area contributed by atoms with Crippen LogP contribution in [0.4, 0.5) is 5.69 Å². The van der Waals surface area contributed by atoms with E-state index in [4.69, 9.17) is 16.3 Å². The van der Waals surface area contributed by atoms with Crippen molar-refractivity contribution in [2.24, 2.45) is 0 Å². The van der Waals surface area contributed by atoms with Crippen molar-refractivity contribution in [2.45, 2.75) is 12.8 Å². The third-order valence-electron chi connectivity index (χ3n) is 5.23. The predicted octanol–water partition coefficient (Wildman–Crippen LogP) is 3.32. The molecule has 1 saturated heterocycles. The average Bonchev–Trinajstić information content (AvgIpc) is 3.25. The lowest BCUT2D eigenvalue weighted by Crippen LogP contribution is -2.45.